The smallest absolute Gasteiger partial charge is 0.261 e. The van der Waals surface area contributed by atoms with Crippen molar-refractivity contribution in [2.24, 2.45) is 5.92 Å². The van der Waals surface area contributed by atoms with Crippen LogP contribution in [0.1, 0.15) is 62.3 Å². The number of hydrogen-bond donors (Lipinski definition) is 1. The zero-order chi connectivity index (χ0) is 29.0. The minimum atomic E-state index is -3.95. The summed E-state index contributed by atoms with van der Waals surface area (Å²) in [7, 11) is -3.95. The van der Waals surface area contributed by atoms with E-state index in [2.05, 4.69) is 54.7 Å². The van der Waals surface area contributed by atoms with Gasteiger partial charge in [-0.25, -0.2) is 12.8 Å². The van der Waals surface area contributed by atoms with E-state index in [1.54, 1.807) is 18.2 Å². The maximum absolute atomic E-state index is 14.8. The summed E-state index contributed by atoms with van der Waals surface area (Å²) in [6.07, 6.45) is 3.68. The Morgan fingerprint density at radius 2 is 1.76 bits per heavy atom. The first kappa shape index (κ1) is 29.5. The molecular formula is C33H41FN2O4S. The Hall–Kier alpha value is -2.94. The van der Waals surface area contributed by atoms with Gasteiger partial charge < -0.3 is 9.47 Å². The number of nitrogens with zero attached hydrogens (tertiary/aromatic N) is 1. The Morgan fingerprint density at radius 3 is 2.46 bits per heavy atom. The monoisotopic (exact) mass is 580 g/mol. The molecule has 8 heteroatoms. The fourth-order valence-electron chi connectivity index (χ4n) is 5.51. The molecule has 3 aromatic rings. The number of rotatable bonds is 9. The van der Waals surface area contributed by atoms with Gasteiger partial charge in [0, 0.05) is 38.9 Å². The summed E-state index contributed by atoms with van der Waals surface area (Å²) in [5, 5.41) is 0. The van der Waals surface area contributed by atoms with Crippen LogP contribution in [0, 0.1) is 11.7 Å². The van der Waals surface area contributed by atoms with Crippen molar-refractivity contribution in [3.05, 3.63) is 88.7 Å². The molecule has 1 saturated heterocycles. The van der Waals surface area contributed by atoms with E-state index in [0.29, 0.717) is 18.3 Å². The van der Waals surface area contributed by atoms with Crippen LogP contribution in [0.5, 0.6) is 5.75 Å². The second-order valence-electron chi connectivity index (χ2n) is 12.3. The minimum Gasteiger partial charge on any atom is -0.493 e. The van der Waals surface area contributed by atoms with E-state index in [1.165, 1.54) is 23.3 Å². The molecule has 5 rings (SSSR count). The zero-order valence-electron chi connectivity index (χ0n) is 24.3. The van der Waals surface area contributed by atoms with E-state index >= 15 is 0 Å². The van der Waals surface area contributed by atoms with Crippen molar-refractivity contribution in [3.8, 4) is 5.75 Å². The van der Waals surface area contributed by atoms with Gasteiger partial charge in [-0.2, -0.15) is 0 Å². The molecule has 220 valence electrons. The number of halogens is 1. The number of nitrogens with one attached hydrogen (secondary N) is 1. The van der Waals surface area contributed by atoms with Crippen LogP contribution < -0.4 is 9.46 Å². The van der Waals surface area contributed by atoms with Gasteiger partial charge in [-0.3, -0.25) is 9.62 Å². The highest BCUT2D eigenvalue weighted by Crippen LogP contribution is 2.28. The number of hydrogen-bond acceptors (Lipinski definition) is 5. The SMILES string of the molecule is CC(C)(C)c1ccc(CN2CCc3cc(S(=O)(=O)Nc4ccc(OCCC5CCOCC5)cc4F)ccc3C2)cc1. The van der Waals surface area contributed by atoms with Gasteiger partial charge in [0.25, 0.3) is 10.0 Å². The predicted molar refractivity (Wildman–Crippen MR) is 160 cm³/mol. The van der Waals surface area contributed by atoms with Crippen molar-refractivity contribution in [2.45, 2.75) is 69.9 Å². The van der Waals surface area contributed by atoms with E-state index < -0.39 is 15.8 Å². The lowest BCUT2D eigenvalue weighted by Crippen LogP contribution is -2.30. The molecule has 0 bridgehead atoms. The summed E-state index contributed by atoms with van der Waals surface area (Å²) in [6.45, 7) is 11.1. The standard InChI is InChI=1S/C33H41FN2O4S/c1-33(2,3)28-7-4-25(5-8-28)22-36-16-12-26-20-30(10-6-27(26)23-36)41(37,38)35-32-11-9-29(21-31(32)34)40-19-15-24-13-17-39-18-14-24/h4-11,20-21,24,35H,12-19,22-23H2,1-3H3. The lowest BCUT2D eigenvalue weighted by Gasteiger charge is -2.29. The number of fused-ring (bicyclic) bond motifs is 1. The molecule has 0 aliphatic carbocycles. The van der Waals surface area contributed by atoms with Crippen molar-refractivity contribution < 1.29 is 22.3 Å². The third-order valence-electron chi connectivity index (χ3n) is 8.13. The quantitative estimate of drug-likeness (QED) is 0.306. The fraction of sp³-hybridized carbons (Fsp3) is 0.455. The van der Waals surface area contributed by atoms with Crippen LogP contribution >= 0.6 is 0 Å². The van der Waals surface area contributed by atoms with E-state index in [9.17, 15) is 12.8 Å². The van der Waals surface area contributed by atoms with Crippen LogP contribution in [0.4, 0.5) is 10.1 Å². The fourth-order valence-corrected chi connectivity index (χ4v) is 6.63. The molecule has 0 radical (unpaired) electrons. The lowest BCUT2D eigenvalue weighted by atomic mass is 9.86. The van der Waals surface area contributed by atoms with Gasteiger partial charge in [0.1, 0.15) is 5.75 Å². The molecule has 0 spiro atoms. The Morgan fingerprint density at radius 1 is 1.00 bits per heavy atom. The third kappa shape index (κ3) is 7.67. The number of anilines is 1. The van der Waals surface area contributed by atoms with Gasteiger partial charge in [0.05, 0.1) is 17.2 Å². The maximum Gasteiger partial charge on any atom is 0.261 e. The largest absolute Gasteiger partial charge is 0.493 e. The van der Waals surface area contributed by atoms with Crippen molar-refractivity contribution in [3.63, 3.8) is 0 Å². The Bertz CT molecular complexity index is 1450. The van der Waals surface area contributed by atoms with Gasteiger partial charge in [-0.05, 0) is 83.5 Å². The number of ether oxygens (including phenoxy) is 2. The molecule has 1 fully saturated rings. The second kappa shape index (κ2) is 12.5. The second-order valence-corrected chi connectivity index (χ2v) is 14.0. The van der Waals surface area contributed by atoms with Gasteiger partial charge in [-0.15, -0.1) is 0 Å². The molecular weight excluding hydrogens is 539 g/mol. The first-order valence-electron chi connectivity index (χ1n) is 14.5. The molecule has 0 aromatic heterocycles. The highest BCUT2D eigenvalue weighted by molar-refractivity contribution is 7.92. The molecule has 41 heavy (non-hydrogen) atoms. The van der Waals surface area contributed by atoms with Crippen molar-refractivity contribution in [2.75, 3.05) is 31.1 Å². The highest BCUT2D eigenvalue weighted by atomic mass is 32.2. The van der Waals surface area contributed by atoms with Crippen LogP contribution in [-0.4, -0.2) is 39.7 Å². The summed E-state index contributed by atoms with van der Waals surface area (Å²) in [6, 6.07) is 18.3. The van der Waals surface area contributed by atoms with Crippen molar-refractivity contribution in [1.82, 2.24) is 4.90 Å². The summed E-state index contributed by atoms with van der Waals surface area (Å²) in [5.41, 5.74) is 4.75. The lowest BCUT2D eigenvalue weighted by molar-refractivity contribution is 0.0593. The molecule has 2 aliphatic rings. The molecule has 0 saturated carbocycles. The Balaban J connectivity index is 1.18. The summed E-state index contributed by atoms with van der Waals surface area (Å²) < 4.78 is 54.6. The molecule has 1 N–H and O–H groups in total. The average Bonchev–Trinajstić information content (AvgIpc) is 2.94. The van der Waals surface area contributed by atoms with E-state index in [4.69, 9.17) is 9.47 Å². The third-order valence-corrected chi connectivity index (χ3v) is 9.49. The van der Waals surface area contributed by atoms with Crippen LogP contribution in [0.25, 0.3) is 0 Å². The molecule has 0 amide bonds. The van der Waals surface area contributed by atoms with Crippen LogP contribution in [0.3, 0.4) is 0 Å². The summed E-state index contributed by atoms with van der Waals surface area (Å²) in [5.74, 6) is 0.285. The topological polar surface area (TPSA) is 67.9 Å². The minimum absolute atomic E-state index is 0.0943. The number of benzene rings is 3. The normalized spacial score (nSPS) is 16.8. The first-order chi connectivity index (χ1) is 19.6. The van der Waals surface area contributed by atoms with Crippen LogP contribution in [-0.2, 0) is 39.7 Å². The average molecular weight is 581 g/mol. The molecule has 3 aromatic carbocycles. The number of sulfonamides is 1. The molecule has 0 unspecified atom stereocenters. The zero-order valence-corrected chi connectivity index (χ0v) is 25.1. The predicted octanol–water partition coefficient (Wildman–Crippen LogP) is 6.68. The molecule has 0 atom stereocenters. The van der Waals surface area contributed by atoms with Gasteiger partial charge >= 0.3 is 0 Å². The van der Waals surface area contributed by atoms with E-state index in [-0.39, 0.29) is 16.0 Å². The summed E-state index contributed by atoms with van der Waals surface area (Å²) in [4.78, 5) is 2.52. The van der Waals surface area contributed by atoms with E-state index in [0.717, 1.165) is 69.7 Å². The highest BCUT2D eigenvalue weighted by Gasteiger charge is 2.22. The van der Waals surface area contributed by atoms with Crippen LogP contribution in [0.2, 0.25) is 0 Å². The molecule has 2 aliphatic heterocycles. The van der Waals surface area contributed by atoms with Gasteiger partial charge in [0.15, 0.2) is 5.82 Å². The maximum atomic E-state index is 14.8. The van der Waals surface area contributed by atoms with Crippen molar-refractivity contribution in [1.29, 1.82) is 0 Å². The van der Waals surface area contributed by atoms with Crippen LogP contribution in [0.15, 0.2) is 65.6 Å². The Labute approximate surface area is 243 Å². The first-order valence-corrected chi connectivity index (χ1v) is 16.0. The Kier molecular flexibility index (Phi) is 9.02. The molecule has 2 heterocycles. The van der Waals surface area contributed by atoms with Crippen molar-refractivity contribution >= 4 is 15.7 Å². The van der Waals surface area contributed by atoms with Gasteiger partial charge in [0.2, 0.25) is 0 Å². The van der Waals surface area contributed by atoms with Gasteiger partial charge in [-0.1, -0.05) is 51.1 Å². The van der Waals surface area contributed by atoms with E-state index in [1.807, 2.05) is 6.07 Å². The summed E-state index contributed by atoms with van der Waals surface area (Å²) >= 11 is 0. The molecule has 6 nitrogen and oxygen atoms in total.